The minimum atomic E-state index is -0.523. The Morgan fingerprint density at radius 2 is 1.80 bits per heavy atom. The molecule has 0 saturated heterocycles. The van der Waals surface area contributed by atoms with Crippen LogP contribution in [0, 0.1) is 35.5 Å². The number of aromatic nitrogens is 1. The van der Waals surface area contributed by atoms with Crippen LogP contribution >= 0.6 is 0 Å². The molecule has 40 heavy (non-hydrogen) atoms. The average Bonchev–Trinajstić information content (AvgIpc) is 2.88. The first-order valence-corrected chi connectivity index (χ1v) is 15.3. The number of pyridine rings is 1. The molecule has 222 valence electrons. The fourth-order valence-electron chi connectivity index (χ4n) is 6.53. The second-order valence-electron chi connectivity index (χ2n) is 12.7. The Balaban J connectivity index is 1.73. The van der Waals surface area contributed by atoms with E-state index in [9.17, 15) is 15.0 Å². The maximum Gasteiger partial charge on any atom is 0.223 e. The zero-order chi connectivity index (χ0) is 29.2. The summed E-state index contributed by atoms with van der Waals surface area (Å²) in [6, 6.07) is 5.69. The van der Waals surface area contributed by atoms with Gasteiger partial charge in [-0.3, -0.25) is 9.78 Å². The van der Waals surface area contributed by atoms with Crippen molar-refractivity contribution in [3.63, 3.8) is 0 Å². The maximum atomic E-state index is 13.1. The van der Waals surface area contributed by atoms with Gasteiger partial charge in [-0.1, -0.05) is 58.6 Å². The number of hydrogen-bond acceptors (Lipinski definition) is 5. The topological polar surface area (TPSA) is 91.7 Å². The minimum Gasteiger partial charge on any atom is -0.495 e. The molecule has 1 saturated carbocycles. The molecule has 1 amide bonds. The largest absolute Gasteiger partial charge is 0.495 e. The van der Waals surface area contributed by atoms with Crippen LogP contribution in [0.4, 0.5) is 0 Å². The normalized spacial score (nSPS) is 37.0. The third-order valence-corrected chi connectivity index (χ3v) is 8.95. The fourth-order valence-corrected chi connectivity index (χ4v) is 6.53. The van der Waals surface area contributed by atoms with Crippen LogP contribution < -0.4 is 5.32 Å². The van der Waals surface area contributed by atoms with Crippen molar-refractivity contribution < 1.29 is 19.7 Å². The van der Waals surface area contributed by atoms with Gasteiger partial charge in [0.2, 0.25) is 5.91 Å². The summed E-state index contributed by atoms with van der Waals surface area (Å²) in [6.45, 7) is 15.3. The van der Waals surface area contributed by atoms with Crippen molar-refractivity contribution >= 4 is 5.91 Å². The van der Waals surface area contributed by atoms with E-state index in [-0.39, 0.29) is 35.7 Å². The van der Waals surface area contributed by atoms with E-state index in [0.717, 1.165) is 43.4 Å². The number of ether oxygens (including phenoxy) is 1. The highest BCUT2D eigenvalue weighted by atomic mass is 16.5. The standard InChI is InChI=1S/C34H52N2O4/c1-22-17-23(2)19-26(5)33(38)24(3)11-7-8-13-32(40-27(6)20-31(37)25(4)18-22)29-14-15-30(29)34(39)36-21-28-12-9-10-16-35-28/h7-12,16,22-23,25-26,29-33,37-38H,6,13-15,17-21H2,1-5H3,(H,36,39)/b8-7+,24-11-/t22-,23+,25-,26-,29+,30+,31-,32-,33-/m0/s1. The third-order valence-electron chi connectivity index (χ3n) is 8.95. The van der Waals surface area contributed by atoms with Gasteiger partial charge in [-0.15, -0.1) is 0 Å². The number of hydrogen-bond donors (Lipinski definition) is 3. The van der Waals surface area contributed by atoms with Crippen LogP contribution in [0.1, 0.15) is 85.3 Å². The van der Waals surface area contributed by atoms with Gasteiger partial charge in [0.25, 0.3) is 0 Å². The summed E-state index contributed by atoms with van der Waals surface area (Å²) in [5.74, 6) is 1.84. The molecule has 0 bridgehead atoms. The van der Waals surface area contributed by atoms with Gasteiger partial charge in [-0.25, -0.2) is 0 Å². The third kappa shape index (κ3) is 9.59. The van der Waals surface area contributed by atoms with E-state index < -0.39 is 12.2 Å². The van der Waals surface area contributed by atoms with E-state index in [1.165, 1.54) is 0 Å². The number of allylic oxidation sites excluding steroid dienone is 2. The zero-order valence-corrected chi connectivity index (χ0v) is 25.3. The number of nitrogens with zero attached hydrogens (tertiary/aromatic N) is 1. The number of amides is 1. The van der Waals surface area contributed by atoms with Gasteiger partial charge in [0.15, 0.2) is 0 Å². The number of carbonyl (C=O) groups excluding carboxylic acids is 1. The van der Waals surface area contributed by atoms with Gasteiger partial charge < -0.3 is 20.3 Å². The highest BCUT2D eigenvalue weighted by molar-refractivity contribution is 5.79. The quantitative estimate of drug-likeness (QED) is 0.405. The molecule has 9 atom stereocenters. The number of aliphatic hydroxyl groups is 2. The first-order chi connectivity index (χ1) is 19.0. The second kappa shape index (κ2) is 15.5. The Kier molecular flexibility index (Phi) is 12.5. The maximum absolute atomic E-state index is 13.1. The predicted molar refractivity (Wildman–Crippen MR) is 161 cm³/mol. The molecular formula is C34H52N2O4. The number of rotatable bonds is 4. The van der Waals surface area contributed by atoms with Crippen LogP contribution in [0.25, 0.3) is 0 Å². The molecule has 1 aliphatic carbocycles. The molecule has 6 nitrogen and oxygen atoms in total. The molecule has 0 radical (unpaired) electrons. The second-order valence-corrected chi connectivity index (χ2v) is 12.7. The lowest BCUT2D eigenvalue weighted by molar-refractivity contribution is -0.134. The first-order valence-electron chi connectivity index (χ1n) is 15.3. The summed E-state index contributed by atoms with van der Waals surface area (Å²) in [5, 5.41) is 25.0. The first kappa shape index (κ1) is 32.1. The number of carbonyl (C=O) groups is 1. The van der Waals surface area contributed by atoms with Gasteiger partial charge in [0, 0.05) is 30.9 Å². The van der Waals surface area contributed by atoms with Crippen molar-refractivity contribution in [2.24, 2.45) is 35.5 Å². The SMILES string of the molecule is C=C1C[C@H](O)[C@@H](C)C[C@@H](C)C[C@@H](C)C[C@H](C)[C@@H](O)/C(C)=C\C=C\C[C@@H]([C@@H]2CC[C@H]2C(=O)NCc2ccccn2)O1. The van der Waals surface area contributed by atoms with Crippen LogP contribution in [0.3, 0.4) is 0 Å². The summed E-state index contributed by atoms with van der Waals surface area (Å²) in [6.07, 6.45) is 12.3. The molecule has 6 heteroatoms. The molecule has 2 aliphatic rings. The monoisotopic (exact) mass is 552 g/mol. The van der Waals surface area contributed by atoms with Gasteiger partial charge in [0.05, 0.1) is 30.2 Å². The fraction of sp³-hybridized carbons (Fsp3) is 0.647. The Labute approximate surface area is 242 Å². The summed E-state index contributed by atoms with van der Waals surface area (Å²) >= 11 is 0. The summed E-state index contributed by atoms with van der Waals surface area (Å²) in [5.41, 5.74) is 1.79. The zero-order valence-electron chi connectivity index (χ0n) is 25.3. The van der Waals surface area contributed by atoms with E-state index in [2.05, 4.69) is 50.7 Å². The number of aliphatic hydroxyl groups excluding tert-OH is 2. The molecule has 1 aromatic heterocycles. The lowest BCUT2D eigenvalue weighted by atomic mass is 9.69. The summed E-state index contributed by atoms with van der Waals surface area (Å²) < 4.78 is 6.40. The molecule has 3 rings (SSSR count). The van der Waals surface area contributed by atoms with Crippen molar-refractivity contribution in [1.82, 2.24) is 10.3 Å². The molecule has 0 unspecified atom stereocenters. The van der Waals surface area contributed by atoms with Crippen LogP contribution in [0.15, 0.2) is 60.5 Å². The highest BCUT2D eigenvalue weighted by Gasteiger charge is 2.42. The van der Waals surface area contributed by atoms with E-state index in [1.807, 2.05) is 37.3 Å². The smallest absolute Gasteiger partial charge is 0.223 e. The van der Waals surface area contributed by atoms with Crippen LogP contribution in [-0.2, 0) is 16.1 Å². The molecule has 0 aromatic carbocycles. The Bertz CT molecular complexity index is 1010. The average molecular weight is 553 g/mol. The Morgan fingerprint density at radius 1 is 1.07 bits per heavy atom. The molecule has 2 heterocycles. The lowest BCUT2D eigenvalue weighted by Gasteiger charge is -2.41. The van der Waals surface area contributed by atoms with Crippen molar-refractivity contribution in [3.8, 4) is 0 Å². The van der Waals surface area contributed by atoms with Crippen molar-refractivity contribution in [2.45, 2.75) is 104 Å². The van der Waals surface area contributed by atoms with Gasteiger partial charge >= 0.3 is 0 Å². The van der Waals surface area contributed by atoms with Gasteiger partial charge in [0.1, 0.15) is 6.10 Å². The molecule has 3 N–H and O–H groups in total. The van der Waals surface area contributed by atoms with Crippen LogP contribution in [-0.4, -0.2) is 39.4 Å². The summed E-state index contributed by atoms with van der Waals surface area (Å²) in [7, 11) is 0. The number of nitrogens with one attached hydrogen (secondary N) is 1. The lowest BCUT2D eigenvalue weighted by Crippen LogP contribution is -2.46. The molecule has 1 aromatic rings. The Hall–Kier alpha value is -2.44. The van der Waals surface area contributed by atoms with E-state index in [1.54, 1.807) is 6.20 Å². The molecular weight excluding hydrogens is 500 g/mol. The predicted octanol–water partition coefficient (Wildman–Crippen LogP) is 6.36. The Morgan fingerprint density at radius 3 is 2.45 bits per heavy atom. The molecule has 1 aliphatic heterocycles. The van der Waals surface area contributed by atoms with E-state index in [0.29, 0.717) is 37.0 Å². The van der Waals surface area contributed by atoms with Crippen LogP contribution in [0.5, 0.6) is 0 Å². The van der Waals surface area contributed by atoms with Gasteiger partial charge in [-0.2, -0.15) is 0 Å². The van der Waals surface area contributed by atoms with Crippen LogP contribution in [0.2, 0.25) is 0 Å². The van der Waals surface area contributed by atoms with Crippen molar-refractivity contribution in [2.75, 3.05) is 0 Å². The van der Waals surface area contributed by atoms with Crippen molar-refractivity contribution in [1.29, 1.82) is 0 Å². The van der Waals surface area contributed by atoms with Gasteiger partial charge in [-0.05, 0) is 80.4 Å². The summed E-state index contributed by atoms with van der Waals surface area (Å²) in [4.78, 5) is 17.4. The van der Waals surface area contributed by atoms with Crippen molar-refractivity contribution in [3.05, 3.63) is 66.2 Å². The molecule has 1 fully saturated rings. The minimum absolute atomic E-state index is 0.0317. The highest BCUT2D eigenvalue weighted by Crippen LogP contribution is 2.40. The molecule has 0 spiro atoms. The van der Waals surface area contributed by atoms with E-state index in [4.69, 9.17) is 4.74 Å². The van der Waals surface area contributed by atoms with E-state index >= 15 is 0 Å².